The molecule has 29 heavy (non-hydrogen) atoms. The number of halogens is 3. The molecule has 1 aromatic heterocycles. The number of nitro benzene ring substituents is 1. The van der Waals surface area contributed by atoms with E-state index in [9.17, 15) is 31.7 Å². The number of hydrogen-bond acceptors (Lipinski definition) is 8. The number of anilines is 1. The molecule has 1 aliphatic heterocycles. The van der Waals surface area contributed by atoms with Crippen LogP contribution in [0.5, 0.6) is 0 Å². The van der Waals surface area contributed by atoms with E-state index in [1.807, 2.05) is 4.90 Å². The van der Waals surface area contributed by atoms with Crippen LogP contribution in [0.3, 0.4) is 0 Å². The van der Waals surface area contributed by atoms with Gasteiger partial charge in [-0.25, -0.2) is 8.42 Å². The van der Waals surface area contributed by atoms with Gasteiger partial charge in [0, 0.05) is 38.3 Å². The lowest BCUT2D eigenvalue weighted by Gasteiger charge is -2.35. The number of alkyl halides is 3. The fraction of sp³-hybridized carbons (Fsp3) is 0.438. The van der Waals surface area contributed by atoms with Crippen LogP contribution >= 0.6 is 0 Å². The van der Waals surface area contributed by atoms with E-state index in [1.54, 1.807) is 17.9 Å². The van der Waals surface area contributed by atoms with Crippen molar-refractivity contribution in [3.05, 3.63) is 45.8 Å². The summed E-state index contributed by atoms with van der Waals surface area (Å²) < 4.78 is 66.5. The molecular weight excluding hydrogens is 417 g/mol. The first kappa shape index (κ1) is 21.0. The third-order valence-corrected chi connectivity index (χ3v) is 6.01. The van der Waals surface area contributed by atoms with E-state index in [0.717, 1.165) is 17.8 Å². The second-order valence-corrected chi connectivity index (χ2v) is 8.50. The molecule has 0 amide bonds. The maximum atomic E-state index is 12.7. The Morgan fingerprint density at radius 1 is 1.21 bits per heavy atom. The van der Waals surface area contributed by atoms with E-state index in [2.05, 4.69) is 5.16 Å². The van der Waals surface area contributed by atoms with Gasteiger partial charge in [0.25, 0.3) is 15.5 Å². The average Bonchev–Trinajstić information content (AvgIpc) is 3.05. The minimum Gasteiger partial charge on any atom is -0.363 e. The van der Waals surface area contributed by atoms with Crippen LogP contribution in [0.25, 0.3) is 0 Å². The number of rotatable bonds is 5. The Kier molecular flexibility index (Phi) is 5.54. The lowest BCUT2D eigenvalue weighted by atomic mass is 10.2. The fourth-order valence-electron chi connectivity index (χ4n) is 3.08. The Hall–Kier alpha value is -2.67. The zero-order valence-corrected chi connectivity index (χ0v) is 16.0. The van der Waals surface area contributed by atoms with Gasteiger partial charge in [0.2, 0.25) is 0 Å². The highest BCUT2D eigenvalue weighted by molar-refractivity contribution is 7.92. The Balaban J connectivity index is 1.78. The van der Waals surface area contributed by atoms with E-state index in [4.69, 9.17) is 4.52 Å². The van der Waals surface area contributed by atoms with E-state index < -0.39 is 30.9 Å². The summed E-state index contributed by atoms with van der Waals surface area (Å²) >= 11 is 0. The average molecular weight is 434 g/mol. The third kappa shape index (κ3) is 4.34. The monoisotopic (exact) mass is 434 g/mol. The topological polar surface area (TPSA) is 110 Å². The Morgan fingerprint density at radius 3 is 2.38 bits per heavy atom. The molecule has 0 saturated carbocycles. The van der Waals surface area contributed by atoms with Gasteiger partial charge in [-0.1, -0.05) is 5.16 Å². The number of aromatic nitrogens is 1. The lowest BCUT2D eigenvalue weighted by molar-refractivity contribution is -0.384. The first-order chi connectivity index (χ1) is 13.5. The molecule has 1 fully saturated rings. The quantitative estimate of drug-likeness (QED) is 0.522. The van der Waals surface area contributed by atoms with E-state index in [-0.39, 0.29) is 5.69 Å². The van der Waals surface area contributed by atoms with Gasteiger partial charge in [0.05, 0.1) is 22.1 Å². The largest absolute Gasteiger partial charge is 0.501 e. The van der Waals surface area contributed by atoms with Crippen LogP contribution < -0.4 is 4.90 Å². The summed E-state index contributed by atoms with van der Waals surface area (Å²) in [6.07, 6.45) is 0. The normalized spacial score (nSPS) is 16.2. The number of hydrogen-bond donors (Lipinski definition) is 0. The molecule has 1 aromatic carbocycles. The third-order valence-electron chi connectivity index (χ3n) is 4.53. The van der Waals surface area contributed by atoms with Crippen LogP contribution in [0.15, 0.2) is 33.7 Å². The van der Waals surface area contributed by atoms with Crippen LogP contribution in [0.2, 0.25) is 0 Å². The molecule has 0 unspecified atom stereocenters. The molecule has 0 atom stereocenters. The fourth-order valence-corrected chi connectivity index (χ4v) is 3.86. The highest BCUT2D eigenvalue weighted by Crippen LogP contribution is 2.36. The minimum atomic E-state index is -5.67. The molecule has 0 N–H and O–H groups in total. The van der Waals surface area contributed by atoms with Crippen molar-refractivity contribution in [2.45, 2.75) is 23.9 Å². The minimum absolute atomic E-state index is 0.0753. The molecular formula is C16H17F3N4O5S. The molecule has 13 heteroatoms. The van der Waals surface area contributed by atoms with Crippen molar-refractivity contribution in [3.8, 4) is 0 Å². The molecule has 1 saturated heterocycles. The molecule has 9 nitrogen and oxygen atoms in total. The number of aryl methyl sites for hydroxylation is 1. The molecule has 0 spiro atoms. The Bertz CT molecular complexity index is 1010. The molecule has 0 bridgehead atoms. The van der Waals surface area contributed by atoms with Gasteiger partial charge < -0.3 is 9.42 Å². The second-order valence-electron chi connectivity index (χ2n) is 6.55. The van der Waals surface area contributed by atoms with Crippen LogP contribution in [-0.2, 0) is 16.4 Å². The van der Waals surface area contributed by atoms with Gasteiger partial charge in [0.15, 0.2) is 5.76 Å². The summed E-state index contributed by atoms with van der Waals surface area (Å²) in [6.45, 7) is 4.11. The van der Waals surface area contributed by atoms with Gasteiger partial charge in [0.1, 0.15) is 5.69 Å². The Labute approximate surface area is 163 Å². The van der Waals surface area contributed by atoms with Crippen LogP contribution in [0.4, 0.5) is 24.5 Å². The van der Waals surface area contributed by atoms with Gasteiger partial charge >= 0.3 is 5.51 Å². The smallest absolute Gasteiger partial charge is 0.363 e. The standard InChI is InChI=1S/C16H17F3N4O5S/c1-11-8-12(28-20-11)10-21-4-6-22(7-5-21)14-3-2-13(9-15(14)23(24)25)29(26,27)16(17,18)19/h2-3,8-9H,4-7,10H2,1H3. The van der Waals surface area contributed by atoms with Crippen molar-refractivity contribution in [2.24, 2.45) is 0 Å². The summed E-state index contributed by atoms with van der Waals surface area (Å²) in [5.74, 6) is 0.684. The lowest BCUT2D eigenvalue weighted by Crippen LogP contribution is -2.46. The van der Waals surface area contributed by atoms with Crippen molar-refractivity contribution in [2.75, 3.05) is 31.1 Å². The maximum Gasteiger partial charge on any atom is 0.501 e. The van der Waals surface area contributed by atoms with Crippen LogP contribution in [-0.4, -0.2) is 55.1 Å². The van der Waals surface area contributed by atoms with E-state index in [0.29, 0.717) is 44.6 Å². The Morgan fingerprint density at radius 2 is 1.86 bits per heavy atom. The molecule has 0 aliphatic carbocycles. The summed E-state index contributed by atoms with van der Waals surface area (Å²) in [5, 5.41) is 15.2. The van der Waals surface area contributed by atoms with Gasteiger partial charge in [-0.2, -0.15) is 13.2 Å². The highest BCUT2D eigenvalue weighted by atomic mass is 32.2. The summed E-state index contributed by atoms with van der Waals surface area (Å²) in [7, 11) is -5.67. The van der Waals surface area contributed by atoms with Gasteiger partial charge in [-0.15, -0.1) is 0 Å². The predicted molar refractivity (Wildman–Crippen MR) is 95.1 cm³/mol. The maximum absolute atomic E-state index is 12.7. The van der Waals surface area contributed by atoms with Crippen molar-refractivity contribution in [1.29, 1.82) is 0 Å². The summed E-state index contributed by atoms with van der Waals surface area (Å²) in [5.41, 5.74) is -5.39. The van der Waals surface area contributed by atoms with Crippen LogP contribution in [0.1, 0.15) is 11.5 Å². The number of nitro groups is 1. The molecule has 158 valence electrons. The first-order valence-corrected chi connectivity index (χ1v) is 9.96. The molecule has 0 radical (unpaired) electrons. The number of piperazine rings is 1. The number of nitrogens with zero attached hydrogens (tertiary/aromatic N) is 4. The summed E-state index contributed by atoms with van der Waals surface area (Å²) in [6, 6.07) is 4.06. The van der Waals surface area contributed by atoms with Gasteiger partial charge in [-0.05, 0) is 19.1 Å². The predicted octanol–water partition coefficient (Wildman–Crippen LogP) is 2.51. The zero-order chi connectivity index (χ0) is 21.4. The molecule has 3 rings (SSSR count). The number of benzene rings is 1. The summed E-state index contributed by atoms with van der Waals surface area (Å²) in [4.78, 5) is 13.0. The van der Waals surface area contributed by atoms with Crippen molar-refractivity contribution in [1.82, 2.24) is 10.1 Å². The van der Waals surface area contributed by atoms with Crippen molar-refractivity contribution in [3.63, 3.8) is 0 Å². The highest BCUT2D eigenvalue weighted by Gasteiger charge is 2.47. The van der Waals surface area contributed by atoms with E-state index in [1.165, 1.54) is 0 Å². The van der Waals surface area contributed by atoms with Crippen molar-refractivity contribution < 1.29 is 31.0 Å². The SMILES string of the molecule is Cc1cc(CN2CCN(c3ccc(S(=O)(=O)C(F)(F)F)cc3[N+](=O)[O-])CC2)on1. The van der Waals surface area contributed by atoms with Crippen molar-refractivity contribution >= 4 is 21.2 Å². The van der Waals surface area contributed by atoms with Gasteiger partial charge in [-0.3, -0.25) is 15.0 Å². The van der Waals surface area contributed by atoms with E-state index >= 15 is 0 Å². The molecule has 2 aromatic rings. The molecule has 2 heterocycles. The second kappa shape index (κ2) is 7.63. The van der Waals surface area contributed by atoms with Crippen LogP contribution in [0, 0.1) is 17.0 Å². The first-order valence-electron chi connectivity index (χ1n) is 8.48. The molecule has 1 aliphatic rings. The number of sulfone groups is 1. The zero-order valence-electron chi connectivity index (χ0n) is 15.2.